The Morgan fingerprint density at radius 1 is 1.20 bits per heavy atom. The molecule has 1 saturated heterocycles. The summed E-state index contributed by atoms with van der Waals surface area (Å²) in [6.07, 6.45) is -4.40. The average molecular weight is 367 g/mol. The van der Waals surface area contributed by atoms with Crippen LogP contribution in [-0.2, 0) is 6.18 Å². The highest BCUT2D eigenvalue weighted by molar-refractivity contribution is 7.99. The molecule has 1 fully saturated rings. The van der Waals surface area contributed by atoms with Gasteiger partial charge in [-0.15, -0.1) is 11.8 Å². The monoisotopic (exact) mass is 367 g/mol. The van der Waals surface area contributed by atoms with E-state index in [2.05, 4.69) is 0 Å². The van der Waals surface area contributed by atoms with Gasteiger partial charge in [0.1, 0.15) is 11.1 Å². The molecule has 2 aromatic carbocycles. The Morgan fingerprint density at radius 2 is 1.96 bits per heavy atom. The van der Waals surface area contributed by atoms with Crippen LogP contribution >= 0.6 is 11.8 Å². The minimum atomic E-state index is -4.40. The minimum Gasteiger partial charge on any atom is -0.497 e. The molecule has 1 aliphatic heterocycles. The number of hydrogen-bond donors (Lipinski definition) is 0. The molecule has 0 N–H and O–H groups in total. The largest absolute Gasteiger partial charge is 0.497 e. The second-order valence-corrected chi connectivity index (χ2v) is 6.76. The molecule has 1 aliphatic rings. The number of halogens is 3. The number of hydrogen-bond acceptors (Lipinski definition) is 3. The van der Waals surface area contributed by atoms with Crippen molar-refractivity contribution in [3.63, 3.8) is 0 Å². The van der Waals surface area contributed by atoms with Gasteiger partial charge >= 0.3 is 6.18 Å². The van der Waals surface area contributed by atoms with Crippen molar-refractivity contribution in [2.45, 2.75) is 11.6 Å². The maximum absolute atomic E-state index is 13.0. The third-order valence-electron chi connectivity index (χ3n) is 3.97. The van der Waals surface area contributed by atoms with Crippen molar-refractivity contribution in [1.29, 1.82) is 0 Å². The van der Waals surface area contributed by atoms with E-state index < -0.39 is 17.1 Å². The third-order valence-corrected chi connectivity index (χ3v) is 5.23. The van der Waals surface area contributed by atoms with E-state index in [4.69, 9.17) is 4.74 Å². The molecule has 1 atom stereocenters. The van der Waals surface area contributed by atoms with Crippen molar-refractivity contribution in [2.24, 2.45) is 0 Å². The molecular formula is C18H16F3NO2S. The van der Waals surface area contributed by atoms with Gasteiger partial charge in [0.05, 0.1) is 12.7 Å². The Kier molecular flexibility index (Phi) is 4.94. The lowest BCUT2D eigenvalue weighted by molar-refractivity contribution is -0.137. The first-order valence-corrected chi connectivity index (χ1v) is 8.69. The molecule has 0 aromatic heterocycles. The van der Waals surface area contributed by atoms with E-state index in [0.29, 0.717) is 29.2 Å². The minimum absolute atomic E-state index is 0.216. The molecule has 0 saturated carbocycles. The van der Waals surface area contributed by atoms with E-state index in [1.807, 2.05) is 0 Å². The third kappa shape index (κ3) is 3.76. The predicted octanol–water partition coefficient (Wildman–Crippen LogP) is 4.60. The Bertz CT molecular complexity index is 779. The van der Waals surface area contributed by atoms with Gasteiger partial charge in [0.25, 0.3) is 5.91 Å². The summed E-state index contributed by atoms with van der Waals surface area (Å²) in [6, 6.07) is 11.9. The van der Waals surface area contributed by atoms with Gasteiger partial charge in [0, 0.05) is 17.9 Å². The number of ether oxygens (including phenoxy) is 1. The molecule has 0 aliphatic carbocycles. The van der Waals surface area contributed by atoms with Crippen molar-refractivity contribution in [3.05, 3.63) is 65.2 Å². The zero-order valence-corrected chi connectivity index (χ0v) is 14.2. The summed E-state index contributed by atoms with van der Waals surface area (Å²) in [5.74, 6) is 1.02. The van der Waals surface area contributed by atoms with E-state index in [-0.39, 0.29) is 5.91 Å². The highest BCUT2D eigenvalue weighted by atomic mass is 32.2. The van der Waals surface area contributed by atoms with E-state index in [1.54, 1.807) is 35.2 Å². The van der Waals surface area contributed by atoms with E-state index >= 15 is 0 Å². The fourth-order valence-electron chi connectivity index (χ4n) is 2.74. The Balaban J connectivity index is 1.89. The van der Waals surface area contributed by atoms with Gasteiger partial charge < -0.3 is 9.64 Å². The van der Waals surface area contributed by atoms with Gasteiger partial charge in [-0.25, -0.2) is 0 Å². The van der Waals surface area contributed by atoms with Gasteiger partial charge in [-0.05, 0) is 35.9 Å². The molecule has 1 amide bonds. The van der Waals surface area contributed by atoms with Crippen LogP contribution in [0.25, 0.3) is 0 Å². The summed E-state index contributed by atoms with van der Waals surface area (Å²) in [4.78, 5) is 14.4. The van der Waals surface area contributed by atoms with Crippen LogP contribution in [0.1, 0.15) is 26.9 Å². The summed E-state index contributed by atoms with van der Waals surface area (Å²) >= 11 is 1.46. The van der Waals surface area contributed by atoms with Crippen molar-refractivity contribution in [3.8, 4) is 5.75 Å². The number of thioether (sulfide) groups is 1. The quantitative estimate of drug-likeness (QED) is 0.794. The highest BCUT2D eigenvalue weighted by Crippen LogP contribution is 2.40. The van der Waals surface area contributed by atoms with Crippen molar-refractivity contribution >= 4 is 17.7 Å². The number of amides is 1. The second-order valence-electron chi connectivity index (χ2n) is 5.58. The molecule has 2 aromatic rings. The van der Waals surface area contributed by atoms with Crippen LogP contribution in [0, 0.1) is 0 Å². The number of nitrogens with zero attached hydrogens (tertiary/aromatic N) is 1. The predicted molar refractivity (Wildman–Crippen MR) is 90.7 cm³/mol. The first-order chi connectivity index (χ1) is 11.9. The molecule has 1 unspecified atom stereocenters. The Morgan fingerprint density at radius 3 is 2.68 bits per heavy atom. The van der Waals surface area contributed by atoms with Crippen LogP contribution in [0.4, 0.5) is 13.2 Å². The van der Waals surface area contributed by atoms with Crippen LogP contribution in [0.5, 0.6) is 5.75 Å². The lowest BCUT2D eigenvalue weighted by Gasteiger charge is -2.25. The maximum atomic E-state index is 13.0. The molecule has 0 spiro atoms. The second kappa shape index (κ2) is 7.00. The van der Waals surface area contributed by atoms with E-state index in [0.717, 1.165) is 12.1 Å². The molecule has 0 bridgehead atoms. The first kappa shape index (κ1) is 17.7. The number of rotatable bonds is 3. The molecule has 7 heteroatoms. The molecule has 0 radical (unpaired) electrons. The fraction of sp³-hybridized carbons (Fsp3) is 0.278. The Hall–Kier alpha value is -2.15. The molecule has 25 heavy (non-hydrogen) atoms. The molecule has 1 heterocycles. The van der Waals surface area contributed by atoms with Crippen LogP contribution in [0.15, 0.2) is 48.5 Å². The lowest BCUT2D eigenvalue weighted by Crippen LogP contribution is -2.30. The highest BCUT2D eigenvalue weighted by Gasteiger charge is 2.34. The van der Waals surface area contributed by atoms with E-state index in [9.17, 15) is 18.0 Å². The maximum Gasteiger partial charge on any atom is 0.416 e. The van der Waals surface area contributed by atoms with E-state index in [1.165, 1.54) is 24.9 Å². The molecule has 132 valence electrons. The number of alkyl halides is 3. The van der Waals surface area contributed by atoms with Gasteiger partial charge in [-0.3, -0.25) is 4.79 Å². The number of benzene rings is 2. The van der Waals surface area contributed by atoms with Gasteiger partial charge in [0.2, 0.25) is 0 Å². The SMILES string of the molecule is COc1cccc(C(=O)N2CCSC2c2cccc(C(F)(F)F)c2)c1. The standard InChI is InChI=1S/C18H16F3NO2S/c1-24-15-7-3-4-12(11-15)16(23)22-8-9-25-17(22)13-5-2-6-14(10-13)18(19,20)21/h2-7,10-11,17H,8-9H2,1H3. The van der Waals surface area contributed by atoms with Crippen LogP contribution in [0.2, 0.25) is 0 Å². The summed E-state index contributed by atoms with van der Waals surface area (Å²) in [7, 11) is 1.51. The summed E-state index contributed by atoms with van der Waals surface area (Å²) in [6.45, 7) is 0.488. The number of methoxy groups -OCH3 is 1. The van der Waals surface area contributed by atoms with Gasteiger partial charge in [-0.1, -0.05) is 18.2 Å². The lowest BCUT2D eigenvalue weighted by atomic mass is 10.1. The summed E-state index contributed by atoms with van der Waals surface area (Å²) < 4.78 is 44.0. The average Bonchev–Trinajstić information content (AvgIpc) is 3.10. The molecular weight excluding hydrogens is 351 g/mol. The van der Waals surface area contributed by atoms with Crippen LogP contribution in [0.3, 0.4) is 0 Å². The topological polar surface area (TPSA) is 29.5 Å². The van der Waals surface area contributed by atoms with Crippen molar-refractivity contribution < 1.29 is 22.7 Å². The zero-order chi connectivity index (χ0) is 18.0. The van der Waals surface area contributed by atoms with Crippen LogP contribution in [-0.4, -0.2) is 30.2 Å². The van der Waals surface area contributed by atoms with Crippen LogP contribution < -0.4 is 4.74 Å². The summed E-state index contributed by atoms with van der Waals surface area (Å²) in [5.41, 5.74) is 0.235. The smallest absolute Gasteiger partial charge is 0.416 e. The fourth-order valence-corrected chi connectivity index (χ4v) is 3.99. The van der Waals surface area contributed by atoms with Gasteiger partial charge in [0.15, 0.2) is 0 Å². The number of carbonyl (C=O) groups excluding carboxylic acids is 1. The van der Waals surface area contributed by atoms with Crippen molar-refractivity contribution in [2.75, 3.05) is 19.4 Å². The first-order valence-electron chi connectivity index (χ1n) is 7.64. The molecule has 3 rings (SSSR count). The summed E-state index contributed by atoms with van der Waals surface area (Å²) in [5, 5.41) is -0.430. The molecule has 3 nitrogen and oxygen atoms in total. The Labute approximate surface area is 147 Å². The number of carbonyl (C=O) groups is 1. The normalized spacial score (nSPS) is 17.6. The van der Waals surface area contributed by atoms with Crippen molar-refractivity contribution in [1.82, 2.24) is 4.90 Å². The zero-order valence-electron chi connectivity index (χ0n) is 13.4. The van der Waals surface area contributed by atoms with Gasteiger partial charge in [-0.2, -0.15) is 13.2 Å².